The zero-order valence-corrected chi connectivity index (χ0v) is 13.7. The Morgan fingerprint density at radius 1 is 0.880 bits per heavy atom. The number of H-pyrrole nitrogens is 1. The Hall–Kier alpha value is -3.33. The largest absolute Gasteiger partial charge is 0.461 e. The molecule has 0 saturated carbocycles. The lowest BCUT2D eigenvalue weighted by molar-refractivity contribution is 0.607. The van der Waals surface area contributed by atoms with Crippen LogP contribution >= 0.6 is 0 Å². The van der Waals surface area contributed by atoms with Crippen molar-refractivity contribution in [2.45, 2.75) is 6.92 Å². The molecule has 0 unspecified atom stereocenters. The van der Waals surface area contributed by atoms with Crippen LogP contribution in [-0.2, 0) is 0 Å². The SMILES string of the molecule is Cc1ccc2c(c1)[nH]c1c2ccc2c(=O)c(-c3ccccc3)coc21. The monoisotopic (exact) mass is 325 g/mol. The minimum atomic E-state index is -0.0100. The van der Waals surface area contributed by atoms with E-state index in [2.05, 4.69) is 30.1 Å². The molecule has 5 rings (SSSR count). The standard InChI is InChI=1S/C22H15NO2/c1-13-7-8-15-16-9-10-17-21(24)18(14-5-3-2-4-6-14)12-25-22(17)20(16)23-19(15)11-13/h2-12,23H,1H3. The molecule has 25 heavy (non-hydrogen) atoms. The van der Waals surface area contributed by atoms with Gasteiger partial charge < -0.3 is 9.40 Å². The van der Waals surface area contributed by atoms with E-state index in [1.165, 1.54) is 5.56 Å². The van der Waals surface area contributed by atoms with Gasteiger partial charge >= 0.3 is 0 Å². The van der Waals surface area contributed by atoms with Crippen molar-refractivity contribution in [3.8, 4) is 11.1 Å². The van der Waals surface area contributed by atoms with Gasteiger partial charge in [-0.05, 0) is 30.2 Å². The Morgan fingerprint density at radius 3 is 2.48 bits per heavy atom. The average Bonchev–Trinajstić information content (AvgIpc) is 3.00. The van der Waals surface area contributed by atoms with Crippen LogP contribution in [0.4, 0.5) is 0 Å². The van der Waals surface area contributed by atoms with Crippen molar-refractivity contribution in [1.82, 2.24) is 4.98 Å². The summed E-state index contributed by atoms with van der Waals surface area (Å²) in [6.07, 6.45) is 1.57. The summed E-state index contributed by atoms with van der Waals surface area (Å²) in [4.78, 5) is 16.4. The topological polar surface area (TPSA) is 46.0 Å². The maximum absolute atomic E-state index is 13.0. The molecule has 0 spiro atoms. The second-order valence-electron chi connectivity index (χ2n) is 6.38. The van der Waals surface area contributed by atoms with Crippen molar-refractivity contribution in [1.29, 1.82) is 0 Å². The van der Waals surface area contributed by atoms with Crippen LogP contribution in [0, 0.1) is 6.92 Å². The molecular weight excluding hydrogens is 310 g/mol. The lowest BCUT2D eigenvalue weighted by Gasteiger charge is -2.03. The van der Waals surface area contributed by atoms with E-state index in [4.69, 9.17) is 4.42 Å². The Morgan fingerprint density at radius 2 is 1.64 bits per heavy atom. The molecular formula is C22H15NO2. The first kappa shape index (κ1) is 14.1. The van der Waals surface area contributed by atoms with Gasteiger partial charge in [0.15, 0.2) is 5.58 Å². The van der Waals surface area contributed by atoms with Gasteiger partial charge in [-0.1, -0.05) is 48.5 Å². The van der Waals surface area contributed by atoms with Crippen LogP contribution in [0.3, 0.4) is 0 Å². The Balaban J connectivity index is 1.87. The fraction of sp³-hybridized carbons (Fsp3) is 0.0455. The number of aryl methyl sites for hydroxylation is 1. The number of hydrogen-bond acceptors (Lipinski definition) is 2. The predicted octanol–water partition coefficient (Wildman–Crippen LogP) is 5.40. The molecule has 0 aliphatic heterocycles. The molecule has 0 aliphatic rings. The predicted molar refractivity (Wildman–Crippen MR) is 102 cm³/mol. The highest BCUT2D eigenvalue weighted by molar-refractivity contribution is 6.15. The molecule has 3 aromatic carbocycles. The maximum atomic E-state index is 13.0. The molecule has 0 radical (unpaired) electrons. The summed E-state index contributed by atoms with van der Waals surface area (Å²) >= 11 is 0. The number of benzene rings is 3. The molecule has 1 N–H and O–H groups in total. The minimum absolute atomic E-state index is 0.0100. The van der Waals surface area contributed by atoms with Gasteiger partial charge in [-0.15, -0.1) is 0 Å². The highest BCUT2D eigenvalue weighted by Crippen LogP contribution is 2.31. The van der Waals surface area contributed by atoms with E-state index in [0.717, 1.165) is 27.4 Å². The summed E-state index contributed by atoms with van der Waals surface area (Å²) in [5.41, 5.74) is 5.16. The van der Waals surface area contributed by atoms with Crippen LogP contribution in [0.5, 0.6) is 0 Å². The molecule has 0 fully saturated rings. The van der Waals surface area contributed by atoms with Crippen LogP contribution in [-0.4, -0.2) is 4.98 Å². The van der Waals surface area contributed by atoms with Crippen molar-refractivity contribution < 1.29 is 4.42 Å². The lowest BCUT2D eigenvalue weighted by atomic mass is 10.0. The molecule has 2 heterocycles. The number of aromatic nitrogens is 1. The van der Waals surface area contributed by atoms with Gasteiger partial charge in [0.1, 0.15) is 6.26 Å². The first-order valence-corrected chi connectivity index (χ1v) is 8.24. The zero-order chi connectivity index (χ0) is 17.0. The number of fused-ring (bicyclic) bond motifs is 5. The van der Waals surface area contributed by atoms with Crippen molar-refractivity contribution in [3.63, 3.8) is 0 Å². The maximum Gasteiger partial charge on any atom is 0.200 e. The smallest absolute Gasteiger partial charge is 0.200 e. The van der Waals surface area contributed by atoms with Crippen LogP contribution < -0.4 is 5.43 Å². The summed E-state index contributed by atoms with van der Waals surface area (Å²) in [7, 11) is 0. The van der Waals surface area contributed by atoms with Gasteiger partial charge in [-0.25, -0.2) is 0 Å². The van der Waals surface area contributed by atoms with Gasteiger partial charge in [0.2, 0.25) is 5.43 Å². The van der Waals surface area contributed by atoms with E-state index in [-0.39, 0.29) is 5.43 Å². The van der Waals surface area contributed by atoms with E-state index in [0.29, 0.717) is 16.5 Å². The third kappa shape index (κ3) is 2.02. The molecule has 3 nitrogen and oxygen atoms in total. The van der Waals surface area contributed by atoms with E-state index in [9.17, 15) is 4.79 Å². The molecule has 0 amide bonds. The van der Waals surface area contributed by atoms with Crippen LogP contribution in [0.15, 0.2) is 76.1 Å². The van der Waals surface area contributed by atoms with E-state index in [1.807, 2.05) is 42.5 Å². The molecule has 0 saturated heterocycles. The van der Waals surface area contributed by atoms with Gasteiger partial charge in [0, 0.05) is 16.3 Å². The lowest BCUT2D eigenvalue weighted by Crippen LogP contribution is -2.04. The van der Waals surface area contributed by atoms with Crippen molar-refractivity contribution in [2.24, 2.45) is 0 Å². The molecule has 2 aromatic heterocycles. The second kappa shape index (κ2) is 5.08. The Labute approximate surface area is 143 Å². The van der Waals surface area contributed by atoms with Gasteiger partial charge in [-0.3, -0.25) is 4.79 Å². The fourth-order valence-corrected chi connectivity index (χ4v) is 3.50. The molecule has 3 heteroatoms. The van der Waals surface area contributed by atoms with E-state index in [1.54, 1.807) is 6.26 Å². The highest BCUT2D eigenvalue weighted by atomic mass is 16.3. The Bertz CT molecular complexity index is 1310. The first-order valence-electron chi connectivity index (χ1n) is 8.24. The van der Waals surface area contributed by atoms with Crippen LogP contribution in [0.2, 0.25) is 0 Å². The molecule has 0 aliphatic carbocycles. The number of rotatable bonds is 1. The molecule has 5 aromatic rings. The third-order valence-electron chi connectivity index (χ3n) is 4.75. The molecule has 0 atom stereocenters. The van der Waals surface area contributed by atoms with E-state index < -0.39 is 0 Å². The summed E-state index contributed by atoms with van der Waals surface area (Å²) in [6, 6.07) is 19.8. The van der Waals surface area contributed by atoms with Crippen LogP contribution in [0.1, 0.15) is 5.56 Å². The fourth-order valence-electron chi connectivity index (χ4n) is 3.50. The quantitative estimate of drug-likeness (QED) is 0.448. The van der Waals surface area contributed by atoms with Crippen molar-refractivity contribution in [2.75, 3.05) is 0 Å². The normalized spacial score (nSPS) is 11.6. The molecule has 120 valence electrons. The summed E-state index contributed by atoms with van der Waals surface area (Å²) in [6.45, 7) is 2.06. The van der Waals surface area contributed by atoms with Crippen molar-refractivity contribution in [3.05, 3.63) is 82.7 Å². The van der Waals surface area contributed by atoms with Crippen LogP contribution in [0.25, 0.3) is 43.9 Å². The zero-order valence-electron chi connectivity index (χ0n) is 13.7. The third-order valence-corrected chi connectivity index (χ3v) is 4.75. The number of hydrogen-bond donors (Lipinski definition) is 1. The van der Waals surface area contributed by atoms with Gasteiger partial charge in [0.25, 0.3) is 0 Å². The van der Waals surface area contributed by atoms with Gasteiger partial charge in [0.05, 0.1) is 16.5 Å². The highest BCUT2D eigenvalue weighted by Gasteiger charge is 2.14. The Kier molecular flexibility index (Phi) is 2.86. The summed E-state index contributed by atoms with van der Waals surface area (Å²) in [5.74, 6) is 0. The summed E-state index contributed by atoms with van der Waals surface area (Å²) in [5, 5.41) is 2.80. The van der Waals surface area contributed by atoms with Gasteiger partial charge in [-0.2, -0.15) is 0 Å². The second-order valence-corrected chi connectivity index (χ2v) is 6.38. The van der Waals surface area contributed by atoms with Crippen molar-refractivity contribution >= 4 is 32.8 Å². The minimum Gasteiger partial charge on any atom is -0.461 e. The first-order chi connectivity index (χ1) is 12.2. The number of nitrogens with one attached hydrogen (secondary N) is 1. The average molecular weight is 325 g/mol. The number of aromatic amines is 1. The summed E-state index contributed by atoms with van der Waals surface area (Å²) < 4.78 is 5.92. The molecule has 0 bridgehead atoms. The van der Waals surface area contributed by atoms with E-state index >= 15 is 0 Å².